The zero-order valence-corrected chi connectivity index (χ0v) is 13.4. The van der Waals surface area contributed by atoms with Crippen LogP contribution < -0.4 is 5.32 Å². The highest BCUT2D eigenvalue weighted by atomic mass is 16.5. The van der Waals surface area contributed by atoms with Crippen molar-refractivity contribution in [3.05, 3.63) is 0 Å². The van der Waals surface area contributed by atoms with E-state index in [1.54, 1.807) is 7.11 Å². The maximum atomic E-state index is 5.07. The Morgan fingerprint density at radius 3 is 2.50 bits per heavy atom. The van der Waals surface area contributed by atoms with E-state index in [2.05, 4.69) is 22.0 Å². The van der Waals surface area contributed by atoms with Gasteiger partial charge < -0.3 is 10.1 Å². The maximum absolute atomic E-state index is 5.07. The number of nitrogens with zero attached hydrogens (tertiary/aromatic N) is 2. The molecule has 2 rings (SSSR count). The molecule has 0 bridgehead atoms. The standard InChI is InChI=1S/C16H33N3O/c1-15(14-17-8-5-13-20-2)18-9-11-19(12-10-18)16-6-3-4-7-16/h15-17H,3-14H2,1-2H3. The summed E-state index contributed by atoms with van der Waals surface area (Å²) >= 11 is 0. The van der Waals surface area contributed by atoms with Crippen LogP contribution in [0.4, 0.5) is 0 Å². The second-order valence-corrected chi connectivity index (χ2v) is 6.41. The first-order valence-corrected chi connectivity index (χ1v) is 8.49. The van der Waals surface area contributed by atoms with Gasteiger partial charge in [0, 0.05) is 58.5 Å². The third-order valence-corrected chi connectivity index (χ3v) is 4.96. The normalized spacial score (nSPS) is 24.3. The second kappa shape index (κ2) is 8.98. The summed E-state index contributed by atoms with van der Waals surface area (Å²) in [6.45, 7) is 10.4. The molecule has 1 aliphatic carbocycles. The number of hydrogen-bond acceptors (Lipinski definition) is 4. The lowest BCUT2D eigenvalue weighted by Crippen LogP contribution is -2.53. The molecule has 1 saturated heterocycles. The van der Waals surface area contributed by atoms with Crippen LogP contribution in [0.2, 0.25) is 0 Å². The molecule has 1 unspecified atom stereocenters. The molecule has 118 valence electrons. The highest BCUT2D eigenvalue weighted by molar-refractivity contribution is 4.83. The average Bonchev–Trinajstić information content (AvgIpc) is 3.01. The minimum Gasteiger partial charge on any atom is -0.385 e. The summed E-state index contributed by atoms with van der Waals surface area (Å²) in [6, 6.07) is 1.56. The van der Waals surface area contributed by atoms with Crippen LogP contribution >= 0.6 is 0 Å². The maximum Gasteiger partial charge on any atom is 0.0474 e. The summed E-state index contributed by atoms with van der Waals surface area (Å²) < 4.78 is 5.07. The highest BCUT2D eigenvalue weighted by Crippen LogP contribution is 2.24. The molecule has 4 heteroatoms. The summed E-state index contributed by atoms with van der Waals surface area (Å²) in [7, 11) is 1.77. The fourth-order valence-corrected chi connectivity index (χ4v) is 3.59. The first-order chi connectivity index (χ1) is 9.81. The number of ether oxygens (including phenoxy) is 1. The van der Waals surface area contributed by atoms with Crippen LogP contribution in [-0.2, 0) is 4.74 Å². The molecule has 2 fully saturated rings. The Morgan fingerprint density at radius 1 is 1.15 bits per heavy atom. The quantitative estimate of drug-likeness (QED) is 0.684. The molecule has 0 aromatic carbocycles. The van der Waals surface area contributed by atoms with E-state index in [9.17, 15) is 0 Å². The Balaban J connectivity index is 1.57. The van der Waals surface area contributed by atoms with Gasteiger partial charge in [0.25, 0.3) is 0 Å². The van der Waals surface area contributed by atoms with Crippen molar-refractivity contribution in [3.63, 3.8) is 0 Å². The van der Waals surface area contributed by atoms with E-state index < -0.39 is 0 Å². The van der Waals surface area contributed by atoms with Crippen LogP contribution in [0.3, 0.4) is 0 Å². The molecule has 1 atom stereocenters. The third-order valence-electron chi connectivity index (χ3n) is 4.96. The third kappa shape index (κ3) is 4.99. The Labute approximate surface area is 124 Å². The van der Waals surface area contributed by atoms with Gasteiger partial charge in [-0.3, -0.25) is 9.80 Å². The Kier molecular flexibility index (Phi) is 7.28. The van der Waals surface area contributed by atoms with Gasteiger partial charge >= 0.3 is 0 Å². The largest absolute Gasteiger partial charge is 0.385 e. The van der Waals surface area contributed by atoms with E-state index in [1.165, 1.54) is 51.9 Å². The van der Waals surface area contributed by atoms with Gasteiger partial charge in [-0.15, -0.1) is 0 Å². The predicted octanol–water partition coefficient (Wildman–Crippen LogP) is 1.56. The Hall–Kier alpha value is -0.160. The van der Waals surface area contributed by atoms with Gasteiger partial charge in [0.05, 0.1) is 0 Å². The number of nitrogens with one attached hydrogen (secondary N) is 1. The molecule has 20 heavy (non-hydrogen) atoms. The van der Waals surface area contributed by atoms with Gasteiger partial charge in [0.2, 0.25) is 0 Å². The van der Waals surface area contributed by atoms with Crippen molar-refractivity contribution in [2.45, 2.75) is 51.1 Å². The molecule has 0 amide bonds. The van der Waals surface area contributed by atoms with Crippen molar-refractivity contribution >= 4 is 0 Å². The molecular weight excluding hydrogens is 250 g/mol. The van der Waals surface area contributed by atoms with Crippen LogP contribution in [0.5, 0.6) is 0 Å². The number of hydrogen-bond donors (Lipinski definition) is 1. The lowest BCUT2D eigenvalue weighted by atomic mass is 10.1. The molecule has 4 nitrogen and oxygen atoms in total. The predicted molar refractivity (Wildman–Crippen MR) is 84.2 cm³/mol. The number of piperazine rings is 1. The van der Waals surface area contributed by atoms with Gasteiger partial charge in [0.15, 0.2) is 0 Å². The van der Waals surface area contributed by atoms with Crippen molar-refractivity contribution in [2.24, 2.45) is 0 Å². The molecule has 1 aliphatic heterocycles. The van der Waals surface area contributed by atoms with E-state index in [4.69, 9.17) is 4.74 Å². The van der Waals surface area contributed by atoms with Crippen LogP contribution in [-0.4, -0.2) is 74.9 Å². The first-order valence-electron chi connectivity index (χ1n) is 8.49. The Bertz CT molecular complexity index is 248. The molecule has 1 heterocycles. The van der Waals surface area contributed by atoms with E-state index in [-0.39, 0.29) is 0 Å². The average molecular weight is 283 g/mol. The van der Waals surface area contributed by atoms with Crippen molar-refractivity contribution in [2.75, 3.05) is 53.0 Å². The van der Waals surface area contributed by atoms with Crippen molar-refractivity contribution < 1.29 is 4.74 Å². The van der Waals surface area contributed by atoms with E-state index in [0.29, 0.717) is 6.04 Å². The molecular formula is C16H33N3O. The van der Waals surface area contributed by atoms with Crippen LogP contribution in [0, 0.1) is 0 Å². The second-order valence-electron chi connectivity index (χ2n) is 6.41. The lowest BCUT2D eigenvalue weighted by Gasteiger charge is -2.40. The van der Waals surface area contributed by atoms with Crippen LogP contribution in [0.1, 0.15) is 39.0 Å². The number of rotatable bonds is 8. The van der Waals surface area contributed by atoms with Crippen LogP contribution in [0.25, 0.3) is 0 Å². The molecule has 0 radical (unpaired) electrons. The smallest absolute Gasteiger partial charge is 0.0474 e. The van der Waals surface area contributed by atoms with Gasteiger partial charge in [-0.2, -0.15) is 0 Å². The summed E-state index contributed by atoms with van der Waals surface area (Å²) in [4.78, 5) is 5.39. The molecule has 0 aromatic heterocycles. The SMILES string of the molecule is COCCCNCC(C)N1CCN(C2CCCC2)CC1. The molecule has 1 saturated carbocycles. The van der Waals surface area contributed by atoms with Gasteiger partial charge in [-0.05, 0) is 32.7 Å². The Morgan fingerprint density at radius 2 is 1.85 bits per heavy atom. The topological polar surface area (TPSA) is 27.7 Å². The lowest BCUT2D eigenvalue weighted by molar-refractivity contribution is 0.0748. The monoisotopic (exact) mass is 283 g/mol. The zero-order chi connectivity index (χ0) is 14.2. The first kappa shape index (κ1) is 16.2. The van der Waals surface area contributed by atoms with Crippen molar-refractivity contribution in [1.29, 1.82) is 0 Å². The van der Waals surface area contributed by atoms with Crippen molar-refractivity contribution in [3.8, 4) is 0 Å². The molecule has 2 aliphatic rings. The van der Waals surface area contributed by atoms with E-state index in [1.807, 2.05) is 0 Å². The molecule has 1 N–H and O–H groups in total. The minimum atomic E-state index is 0.656. The molecule has 0 aromatic rings. The summed E-state index contributed by atoms with van der Waals surface area (Å²) in [5, 5.41) is 3.55. The van der Waals surface area contributed by atoms with E-state index >= 15 is 0 Å². The fraction of sp³-hybridized carbons (Fsp3) is 1.00. The fourth-order valence-electron chi connectivity index (χ4n) is 3.59. The van der Waals surface area contributed by atoms with Gasteiger partial charge in [0.1, 0.15) is 0 Å². The van der Waals surface area contributed by atoms with Gasteiger partial charge in [-0.25, -0.2) is 0 Å². The minimum absolute atomic E-state index is 0.656. The van der Waals surface area contributed by atoms with Crippen molar-refractivity contribution in [1.82, 2.24) is 15.1 Å². The van der Waals surface area contributed by atoms with Gasteiger partial charge in [-0.1, -0.05) is 12.8 Å². The summed E-state index contributed by atoms with van der Waals surface area (Å²) in [5.41, 5.74) is 0. The molecule has 0 spiro atoms. The van der Waals surface area contributed by atoms with Crippen LogP contribution in [0.15, 0.2) is 0 Å². The summed E-state index contributed by atoms with van der Waals surface area (Å²) in [5.74, 6) is 0. The zero-order valence-electron chi connectivity index (χ0n) is 13.4. The highest BCUT2D eigenvalue weighted by Gasteiger charge is 2.27. The van der Waals surface area contributed by atoms with E-state index in [0.717, 1.165) is 32.2 Å². The summed E-state index contributed by atoms with van der Waals surface area (Å²) in [6.07, 6.45) is 6.89. The number of methoxy groups -OCH3 is 1.